The van der Waals surface area contributed by atoms with Gasteiger partial charge in [-0.2, -0.15) is 13.7 Å². The van der Waals surface area contributed by atoms with Gasteiger partial charge in [-0.05, 0) is 19.8 Å². The van der Waals surface area contributed by atoms with Gasteiger partial charge in [0.25, 0.3) is 10.1 Å². The first-order valence-electron chi connectivity index (χ1n) is 6.27. The zero-order valence-electron chi connectivity index (χ0n) is 11.0. The molecule has 0 amide bonds. The number of hydrogen-bond acceptors (Lipinski definition) is 6. The van der Waals surface area contributed by atoms with Crippen LogP contribution in [-0.2, 0) is 19.8 Å². The maximum atomic E-state index is 10.8. The molecule has 0 aromatic heterocycles. The van der Waals surface area contributed by atoms with E-state index in [0.29, 0.717) is 19.3 Å². The number of rotatable bonds is 10. The minimum Gasteiger partial charge on any atom is -0.392 e. The predicted molar refractivity (Wildman–Crippen MR) is 68.1 cm³/mol. The van der Waals surface area contributed by atoms with E-state index >= 15 is 0 Å². The van der Waals surface area contributed by atoms with Gasteiger partial charge in [0, 0.05) is 6.42 Å². The van der Waals surface area contributed by atoms with Crippen LogP contribution >= 0.6 is 0 Å². The molecule has 0 saturated carbocycles. The van der Waals surface area contributed by atoms with E-state index in [1.165, 1.54) is 6.92 Å². The molecule has 3 N–H and O–H groups in total. The van der Waals surface area contributed by atoms with Crippen molar-refractivity contribution in [1.82, 2.24) is 0 Å². The second-order valence-electron chi connectivity index (χ2n) is 4.56. The Morgan fingerprint density at radius 1 is 1.16 bits per heavy atom. The summed E-state index contributed by atoms with van der Waals surface area (Å²) < 4.78 is 30.3. The highest BCUT2D eigenvalue weighted by Gasteiger charge is 2.25. The Hall–Kier alpha value is -0.700. The van der Waals surface area contributed by atoms with Crippen molar-refractivity contribution in [1.29, 1.82) is 0 Å². The Morgan fingerprint density at radius 3 is 2.21 bits per heavy atom. The van der Waals surface area contributed by atoms with Crippen LogP contribution in [0.2, 0.25) is 0 Å². The molecule has 2 atom stereocenters. The number of hydrogen-bond donors (Lipinski definition) is 3. The van der Waals surface area contributed by atoms with Gasteiger partial charge in [-0.15, -0.1) is 0 Å². The molecule has 0 aromatic carbocycles. The molecule has 2 unspecified atom stereocenters. The highest BCUT2D eigenvalue weighted by atomic mass is 32.2. The second-order valence-corrected chi connectivity index (χ2v) is 6.33. The van der Waals surface area contributed by atoms with Gasteiger partial charge in [-0.25, -0.2) is 4.79 Å². The van der Waals surface area contributed by atoms with Crippen molar-refractivity contribution in [3.8, 4) is 0 Å². The van der Waals surface area contributed by atoms with Gasteiger partial charge in [-0.1, -0.05) is 25.7 Å². The third-order valence-corrected chi connectivity index (χ3v) is 4.25. The van der Waals surface area contributed by atoms with E-state index in [0.717, 1.165) is 19.3 Å². The van der Waals surface area contributed by atoms with Crippen LogP contribution in [0.1, 0.15) is 51.9 Å². The summed E-state index contributed by atoms with van der Waals surface area (Å²) in [6.45, 7) is 1.26. The molecule has 0 radical (unpaired) electrons. The maximum Gasteiger partial charge on any atom is 0.342 e. The van der Waals surface area contributed by atoms with E-state index in [4.69, 9.17) is 9.81 Å². The molecule has 0 aliphatic rings. The monoisotopic (exact) mass is 298 g/mol. The SMILES string of the molecule is CC(C(O)CCCCCCCC(=O)OO)S(=O)(=O)O. The zero-order chi connectivity index (χ0) is 14.9. The lowest BCUT2D eigenvalue weighted by molar-refractivity contribution is -0.234. The van der Waals surface area contributed by atoms with Crippen molar-refractivity contribution >= 4 is 16.1 Å². The van der Waals surface area contributed by atoms with Crippen molar-refractivity contribution < 1.29 is 33.0 Å². The van der Waals surface area contributed by atoms with Crippen LogP contribution in [-0.4, -0.2) is 40.7 Å². The molecular formula is C11H22O7S. The Bertz CT molecular complexity index is 352. The first-order chi connectivity index (χ1) is 8.79. The van der Waals surface area contributed by atoms with Crippen molar-refractivity contribution in [3.63, 3.8) is 0 Å². The number of aliphatic hydroxyl groups excluding tert-OH is 1. The third kappa shape index (κ3) is 8.93. The highest BCUT2D eigenvalue weighted by molar-refractivity contribution is 7.86. The minimum atomic E-state index is -4.19. The first kappa shape index (κ1) is 18.3. The van der Waals surface area contributed by atoms with Gasteiger partial charge in [0.1, 0.15) is 5.25 Å². The van der Waals surface area contributed by atoms with E-state index in [1.54, 1.807) is 0 Å². The van der Waals surface area contributed by atoms with E-state index in [-0.39, 0.29) is 6.42 Å². The fourth-order valence-electron chi connectivity index (χ4n) is 1.63. The van der Waals surface area contributed by atoms with Gasteiger partial charge in [0.15, 0.2) is 0 Å². The molecule has 0 heterocycles. The largest absolute Gasteiger partial charge is 0.392 e. The summed E-state index contributed by atoms with van der Waals surface area (Å²) in [5, 5.41) is 16.4. The number of aliphatic hydroxyl groups is 1. The van der Waals surface area contributed by atoms with Crippen LogP contribution < -0.4 is 0 Å². The van der Waals surface area contributed by atoms with Gasteiger partial charge in [-0.3, -0.25) is 4.55 Å². The van der Waals surface area contributed by atoms with Crippen molar-refractivity contribution in [2.75, 3.05) is 0 Å². The van der Waals surface area contributed by atoms with E-state index in [9.17, 15) is 18.3 Å². The van der Waals surface area contributed by atoms with Crippen LogP contribution in [0.4, 0.5) is 0 Å². The first-order valence-corrected chi connectivity index (χ1v) is 7.78. The van der Waals surface area contributed by atoms with Crippen LogP contribution in [0, 0.1) is 0 Å². The second kappa shape index (κ2) is 9.24. The summed E-state index contributed by atoms with van der Waals surface area (Å²) in [6.07, 6.45) is 3.08. The zero-order valence-corrected chi connectivity index (χ0v) is 11.8. The molecule has 0 aliphatic heterocycles. The molecule has 7 nitrogen and oxygen atoms in total. The standard InChI is InChI=1S/C11H22O7S/c1-9(19(15,16)17)10(12)7-5-3-2-4-6-8-11(13)18-14/h9-10,12,14H,2-8H2,1H3,(H,15,16,17). The molecule has 0 rings (SSSR count). The molecule has 0 saturated heterocycles. The van der Waals surface area contributed by atoms with E-state index in [2.05, 4.69) is 4.89 Å². The number of carbonyl (C=O) groups excluding carboxylic acids is 1. The Labute approximate surface area is 113 Å². The lowest BCUT2D eigenvalue weighted by Crippen LogP contribution is -2.30. The number of unbranched alkanes of at least 4 members (excludes halogenated alkanes) is 4. The van der Waals surface area contributed by atoms with Crippen LogP contribution in [0.5, 0.6) is 0 Å². The normalized spacial score (nSPS) is 14.9. The summed E-state index contributed by atoms with van der Waals surface area (Å²) in [5.74, 6) is -0.655. The highest BCUT2D eigenvalue weighted by Crippen LogP contribution is 2.13. The Morgan fingerprint density at radius 2 is 1.68 bits per heavy atom. The lowest BCUT2D eigenvalue weighted by Gasteiger charge is -2.15. The average molecular weight is 298 g/mol. The quantitative estimate of drug-likeness (QED) is 0.241. The molecular weight excluding hydrogens is 276 g/mol. The van der Waals surface area contributed by atoms with Crippen LogP contribution in [0.15, 0.2) is 0 Å². The van der Waals surface area contributed by atoms with Gasteiger partial charge in [0.05, 0.1) is 6.10 Å². The fraction of sp³-hybridized carbons (Fsp3) is 0.909. The topological polar surface area (TPSA) is 121 Å². The Kier molecular flexibility index (Phi) is 8.90. The van der Waals surface area contributed by atoms with Gasteiger partial charge in [0.2, 0.25) is 0 Å². The summed E-state index contributed by atoms with van der Waals surface area (Å²) in [4.78, 5) is 14.1. The molecule has 0 aliphatic carbocycles. The molecule has 114 valence electrons. The van der Waals surface area contributed by atoms with Gasteiger partial charge >= 0.3 is 5.97 Å². The van der Waals surface area contributed by atoms with Crippen molar-refractivity contribution in [3.05, 3.63) is 0 Å². The summed E-state index contributed by atoms with van der Waals surface area (Å²) in [7, 11) is -4.19. The van der Waals surface area contributed by atoms with Crippen molar-refractivity contribution in [2.24, 2.45) is 0 Å². The molecule has 0 spiro atoms. The minimum absolute atomic E-state index is 0.166. The van der Waals surface area contributed by atoms with Gasteiger partial charge < -0.3 is 9.99 Å². The molecule has 19 heavy (non-hydrogen) atoms. The fourth-order valence-corrected chi connectivity index (χ4v) is 2.17. The average Bonchev–Trinajstić information content (AvgIpc) is 2.34. The van der Waals surface area contributed by atoms with Crippen LogP contribution in [0.3, 0.4) is 0 Å². The van der Waals surface area contributed by atoms with Crippen LogP contribution in [0.25, 0.3) is 0 Å². The Balaban J connectivity index is 3.57. The third-order valence-electron chi connectivity index (χ3n) is 2.99. The predicted octanol–water partition coefficient (Wildman–Crippen LogP) is 1.37. The maximum absolute atomic E-state index is 10.8. The van der Waals surface area contributed by atoms with Crippen molar-refractivity contribution in [2.45, 2.75) is 63.2 Å². The van der Waals surface area contributed by atoms with E-state index in [1.807, 2.05) is 0 Å². The number of carbonyl (C=O) groups is 1. The smallest absolute Gasteiger partial charge is 0.342 e. The molecule has 0 aromatic rings. The summed E-state index contributed by atoms with van der Waals surface area (Å²) >= 11 is 0. The summed E-state index contributed by atoms with van der Waals surface area (Å²) in [5.41, 5.74) is 0. The molecule has 0 fully saturated rings. The molecule has 0 bridgehead atoms. The summed E-state index contributed by atoms with van der Waals surface area (Å²) in [6, 6.07) is 0. The molecule has 8 heteroatoms. The lowest BCUT2D eigenvalue weighted by atomic mass is 10.1. The van der Waals surface area contributed by atoms with E-state index < -0.39 is 27.4 Å².